The maximum atomic E-state index is 6.04. The molecule has 1 unspecified atom stereocenters. The number of fused-ring (bicyclic) bond motifs is 1. The average molecular weight is 424 g/mol. The van der Waals surface area contributed by atoms with E-state index < -0.39 is 0 Å². The Hall–Kier alpha value is -3.23. The number of rotatable bonds is 5. The molecule has 0 bridgehead atoms. The Bertz CT molecular complexity index is 1170. The topological polar surface area (TPSA) is 88.1 Å². The Morgan fingerprint density at radius 3 is 2.83 bits per heavy atom. The lowest BCUT2D eigenvalue weighted by atomic mass is 10.1. The maximum absolute atomic E-state index is 6.04. The quantitative estimate of drug-likeness (QED) is 0.481. The van der Waals surface area contributed by atoms with Crippen molar-refractivity contribution in [1.29, 1.82) is 0 Å². The van der Waals surface area contributed by atoms with Crippen LogP contribution in [0.25, 0.3) is 11.5 Å². The van der Waals surface area contributed by atoms with Crippen LogP contribution in [0.1, 0.15) is 28.8 Å². The van der Waals surface area contributed by atoms with Gasteiger partial charge < -0.3 is 14.0 Å². The monoisotopic (exact) mass is 423 g/mol. The first kappa shape index (κ1) is 18.8. The van der Waals surface area contributed by atoms with Gasteiger partial charge in [0.25, 0.3) is 0 Å². The second kappa shape index (κ2) is 7.89. The van der Waals surface area contributed by atoms with Gasteiger partial charge in [-0.25, -0.2) is 4.68 Å². The number of ether oxygens (including phenoxy) is 2. The molecular weight excluding hydrogens is 406 g/mol. The van der Waals surface area contributed by atoms with Gasteiger partial charge in [0.05, 0.1) is 32.4 Å². The van der Waals surface area contributed by atoms with E-state index in [2.05, 4.69) is 20.5 Å². The fourth-order valence-corrected chi connectivity index (χ4v) is 3.63. The minimum absolute atomic E-state index is 0.115. The summed E-state index contributed by atoms with van der Waals surface area (Å²) in [5.74, 6) is 1.65. The molecule has 5 rings (SSSR count). The Kier molecular flexibility index (Phi) is 4.94. The third kappa shape index (κ3) is 3.55. The Labute approximate surface area is 177 Å². The molecule has 0 saturated carbocycles. The van der Waals surface area contributed by atoms with Crippen molar-refractivity contribution < 1.29 is 14.0 Å². The summed E-state index contributed by atoms with van der Waals surface area (Å²) in [5.41, 5.74) is 3.40. The molecule has 0 aliphatic carbocycles. The minimum atomic E-state index is -0.115. The van der Waals surface area contributed by atoms with Crippen LogP contribution in [0.5, 0.6) is 5.75 Å². The van der Waals surface area contributed by atoms with E-state index in [1.54, 1.807) is 7.11 Å². The number of aromatic nitrogens is 5. The predicted molar refractivity (Wildman–Crippen MR) is 108 cm³/mol. The van der Waals surface area contributed by atoms with Crippen molar-refractivity contribution in [1.82, 2.24) is 25.1 Å². The van der Waals surface area contributed by atoms with Crippen LogP contribution < -0.4 is 4.74 Å². The van der Waals surface area contributed by atoms with Gasteiger partial charge in [0.1, 0.15) is 11.9 Å². The van der Waals surface area contributed by atoms with Crippen LogP contribution in [0.15, 0.2) is 53.1 Å². The SMILES string of the molecule is COc1ccccc1Cc1nc(-c2nnn3c2COC(c2ccc(Cl)cc2)C3)no1. The third-order valence-corrected chi connectivity index (χ3v) is 5.31. The van der Waals surface area contributed by atoms with Crippen LogP contribution in [-0.4, -0.2) is 32.2 Å². The van der Waals surface area contributed by atoms with Crippen LogP contribution in [0.4, 0.5) is 0 Å². The van der Waals surface area contributed by atoms with Crippen molar-refractivity contribution in [2.24, 2.45) is 0 Å². The van der Waals surface area contributed by atoms with Crippen molar-refractivity contribution >= 4 is 11.6 Å². The molecule has 1 aliphatic heterocycles. The number of nitrogens with zero attached hydrogens (tertiary/aromatic N) is 5. The van der Waals surface area contributed by atoms with E-state index in [9.17, 15) is 0 Å². The lowest BCUT2D eigenvalue weighted by Gasteiger charge is -2.24. The third-order valence-electron chi connectivity index (χ3n) is 5.05. The summed E-state index contributed by atoms with van der Waals surface area (Å²) >= 11 is 5.97. The summed E-state index contributed by atoms with van der Waals surface area (Å²) in [4.78, 5) is 4.50. The van der Waals surface area contributed by atoms with Crippen LogP contribution in [0.3, 0.4) is 0 Å². The predicted octanol–water partition coefficient (Wildman–Crippen LogP) is 3.85. The number of methoxy groups -OCH3 is 1. The summed E-state index contributed by atoms with van der Waals surface area (Å²) in [5, 5.41) is 13.3. The van der Waals surface area contributed by atoms with Gasteiger partial charge in [-0.1, -0.05) is 52.3 Å². The lowest BCUT2D eigenvalue weighted by molar-refractivity contribution is -0.00111. The number of halogens is 1. The molecule has 0 radical (unpaired) electrons. The first-order valence-corrected chi connectivity index (χ1v) is 9.83. The zero-order valence-electron chi connectivity index (χ0n) is 16.2. The second-order valence-electron chi connectivity index (χ2n) is 6.92. The van der Waals surface area contributed by atoms with Gasteiger partial charge >= 0.3 is 0 Å². The van der Waals surface area contributed by atoms with E-state index in [1.165, 1.54) is 0 Å². The molecule has 30 heavy (non-hydrogen) atoms. The Balaban J connectivity index is 1.36. The zero-order chi connectivity index (χ0) is 20.5. The van der Waals surface area contributed by atoms with E-state index in [4.69, 9.17) is 25.6 Å². The van der Waals surface area contributed by atoms with E-state index >= 15 is 0 Å². The number of para-hydroxylation sites is 1. The highest BCUT2D eigenvalue weighted by Crippen LogP contribution is 2.30. The molecule has 2 aromatic heterocycles. The highest BCUT2D eigenvalue weighted by atomic mass is 35.5. The van der Waals surface area contributed by atoms with Crippen molar-refractivity contribution in [2.75, 3.05) is 7.11 Å². The Morgan fingerprint density at radius 1 is 1.17 bits per heavy atom. The summed E-state index contributed by atoms with van der Waals surface area (Å²) < 4.78 is 18.7. The molecule has 0 fully saturated rings. The minimum Gasteiger partial charge on any atom is -0.496 e. The van der Waals surface area contributed by atoms with Gasteiger partial charge in [-0.3, -0.25) is 0 Å². The smallest absolute Gasteiger partial charge is 0.231 e. The highest BCUT2D eigenvalue weighted by molar-refractivity contribution is 6.30. The second-order valence-corrected chi connectivity index (χ2v) is 7.35. The van der Waals surface area contributed by atoms with Gasteiger partial charge in [0.2, 0.25) is 11.7 Å². The Morgan fingerprint density at radius 2 is 2.00 bits per heavy atom. The zero-order valence-corrected chi connectivity index (χ0v) is 16.9. The van der Waals surface area contributed by atoms with Gasteiger partial charge in [0.15, 0.2) is 5.69 Å². The van der Waals surface area contributed by atoms with E-state index in [0.29, 0.717) is 42.0 Å². The normalized spacial score (nSPS) is 15.7. The molecule has 3 heterocycles. The van der Waals surface area contributed by atoms with Crippen molar-refractivity contribution in [3.05, 3.63) is 76.3 Å². The van der Waals surface area contributed by atoms with E-state index in [-0.39, 0.29) is 6.10 Å². The molecule has 0 spiro atoms. The summed E-state index contributed by atoms with van der Waals surface area (Å²) in [6.45, 7) is 0.905. The average Bonchev–Trinajstić information content (AvgIpc) is 3.41. The van der Waals surface area contributed by atoms with Crippen molar-refractivity contribution in [3.8, 4) is 17.3 Å². The molecular formula is C21H18ClN5O3. The van der Waals surface area contributed by atoms with E-state index in [1.807, 2.05) is 53.2 Å². The maximum Gasteiger partial charge on any atom is 0.231 e. The molecule has 4 aromatic rings. The van der Waals surface area contributed by atoms with E-state index in [0.717, 1.165) is 22.6 Å². The molecule has 1 aliphatic rings. The van der Waals surface area contributed by atoms with Crippen LogP contribution in [0.2, 0.25) is 5.02 Å². The molecule has 0 N–H and O–H groups in total. The van der Waals surface area contributed by atoms with Crippen LogP contribution in [-0.2, 0) is 24.3 Å². The van der Waals surface area contributed by atoms with Gasteiger partial charge in [-0.15, -0.1) is 5.10 Å². The number of benzene rings is 2. The lowest BCUT2D eigenvalue weighted by Crippen LogP contribution is -2.22. The summed E-state index contributed by atoms with van der Waals surface area (Å²) in [7, 11) is 1.64. The fourth-order valence-electron chi connectivity index (χ4n) is 3.50. The largest absolute Gasteiger partial charge is 0.496 e. The van der Waals surface area contributed by atoms with Crippen molar-refractivity contribution in [2.45, 2.75) is 25.7 Å². The van der Waals surface area contributed by atoms with Gasteiger partial charge in [-0.05, 0) is 23.8 Å². The first-order chi connectivity index (χ1) is 14.7. The van der Waals surface area contributed by atoms with Crippen molar-refractivity contribution in [3.63, 3.8) is 0 Å². The molecule has 0 saturated heterocycles. The van der Waals surface area contributed by atoms with Crippen LogP contribution in [0, 0.1) is 0 Å². The molecule has 8 nitrogen and oxygen atoms in total. The molecule has 0 amide bonds. The van der Waals surface area contributed by atoms with Gasteiger partial charge in [0, 0.05) is 10.6 Å². The molecule has 9 heteroatoms. The van der Waals surface area contributed by atoms with Gasteiger partial charge in [-0.2, -0.15) is 4.98 Å². The molecule has 2 aromatic carbocycles. The molecule has 152 valence electrons. The standard InChI is InChI=1S/C21H18ClN5O3/c1-28-17-5-3-2-4-14(17)10-19-23-21(25-30-19)20-16-12-29-18(11-27(16)26-24-20)13-6-8-15(22)9-7-13/h2-9,18H,10-12H2,1H3. The number of hydrogen-bond acceptors (Lipinski definition) is 7. The fraction of sp³-hybridized carbons (Fsp3) is 0.238. The highest BCUT2D eigenvalue weighted by Gasteiger charge is 2.27. The first-order valence-electron chi connectivity index (χ1n) is 9.45. The number of hydrogen-bond donors (Lipinski definition) is 0. The molecule has 1 atom stereocenters. The summed E-state index contributed by atoms with van der Waals surface area (Å²) in [6.07, 6.45) is 0.353. The van der Waals surface area contributed by atoms with Crippen LogP contribution >= 0.6 is 11.6 Å². The summed E-state index contributed by atoms with van der Waals surface area (Å²) in [6, 6.07) is 15.3.